The maximum atomic E-state index is 15.3. The summed E-state index contributed by atoms with van der Waals surface area (Å²) in [5.74, 6) is -0.517. The Kier molecular flexibility index (Phi) is 11.2. The molecule has 4 aliphatic rings. The summed E-state index contributed by atoms with van der Waals surface area (Å²) in [6.45, 7) is 4.71. The van der Waals surface area contributed by atoms with E-state index in [4.69, 9.17) is 4.74 Å². The fourth-order valence-electron chi connectivity index (χ4n) is 9.16. The molecule has 0 radical (unpaired) electrons. The van der Waals surface area contributed by atoms with Crippen LogP contribution in [0.4, 0.5) is 20.2 Å². The molecule has 3 aromatic carbocycles. The molecule has 1 aromatic heterocycles. The molecule has 3 heterocycles. The lowest BCUT2D eigenvalue weighted by Gasteiger charge is -2.35. The third kappa shape index (κ3) is 8.08. The van der Waals surface area contributed by atoms with Crippen LogP contribution in [-0.2, 0) is 9.59 Å². The molecule has 3 atom stereocenters. The number of amides is 2. The van der Waals surface area contributed by atoms with E-state index in [1.807, 2.05) is 30.4 Å². The molecule has 2 saturated carbocycles. The van der Waals surface area contributed by atoms with Gasteiger partial charge in [-0.15, -0.1) is 0 Å². The molecule has 3 unspecified atom stereocenters. The Morgan fingerprint density at radius 3 is 2.46 bits per heavy atom. The van der Waals surface area contributed by atoms with Crippen molar-refractivity contribution in [1.29, 1.82) is 5.26 Å². The highest BCUT2D eigenvalue weighted by atomic mass is 32.2. The number of aromatic nitrogens is 2. The zero-order chi connectivity index (χ0) is 39.8. The lowest BCUT2D eigenvalue weighted by Crippen LogP contribution is -2.47. The quantitative estimate of drug-likeness (QED) is 0.106. The highest BCUT2D eigenvalue weighted by molar-refractivity contribution is 7.98. The highest BCUT2D eigenvalue weighted by Gasteiger charge is 2.44. The first-order valence-electron chi connectivity index (χ1n) is 19.8. The van der Waals surface area contributed by atoms with Gasteiger partial charge in [-0.05, 0) is 118 Å². The number of carbonyl (C=O) groups is 2. The van der Waals surface area contributed by atoms with Gasteiger partial charge >= 0.3 is 0 Å². The van der Waals surface area contributed by atoms with Gasteiger partial charge in [-0.3, -0.25) is 29.2 Å². The molecule has 4 fully saturated rings. The van der Waals surface area contributed by atoms with Crippen molar-refractivity contribution >= 4 is 46.2 Å². The molecule has 3 N–H and O–H groups in total. The summed E-state index contributed by atoms with van der Waals surface area (Å²) in [5.41, 5.74) is 2.03. The van der Waals surface area contributed by atoms with Gasteiger partial charge in [0.1, 0.15) is 29.2 Å². The standard InChI is InChI=1S/C42H46F2N8O4S/c1-3-50(2)57-49-37-13-11-34(43)40(33(37)20-45)56-30-9-12-36-32(19-30)42(55)52(23-46-36)29-16-25-21-51(22-26(25)17-29)28-7-4-24(5-8-28)31-10-6-27(18-35(31)44)47-38-14-15-39(53)48-41(38)54/h6,9-13,18-19,23-26,28-29,38,47,49H,3-5,7-8,14-17,21-22H2,1-2H3,(H,48,53,54). The van der Waals surface area contributed by atoms with Gasteiger partial charge < -0.3 is 14.8 Å². The molecule has 298 valence electrons. The van der Waals surface area contributed by atoms with E-state index in [1.165, 1.54) is 30.3 Å². The topological polar surface area (TPSA) is 145 Å². The summed E-state index contributed by atoms with van der Waals surface area (Å²) in [4.78, 5) is 44.7. The van der Waals surface area contributed by atoms with Crippen LogP contribution in [0.5, 0.6) is 11.5 Å². The molecule has 4 aromatic rings. The number of benzene rings is 3. The molecule has 15 heteroatoms. The Morgan fingerprint density at radius 2 is 1.75 bits per heavy atom. The number of nitriles is 1. The SMILES string of the molecule is CCN(C)SNc1ccc(F)c(Oc2ccc3ncn(C4CC5CN(C6CCC(c7ccc(NC8CCC(=O)NC8=O)cc7F)CC6)CC5C4)c(=O)c3c2)c1C#N. The van der Waals surface area contributed by atoms with E-state index in [1.54, 1.807) is 29.1 Å². The first kappa shape index (κ1) is 38.8. The maximum Gasteiger partial charge on any atom is 0.261 e. The molecule has 2 amide bonds. The van der Waals surface area contributed by atoms with Crippen LogP contribution < -0.4 is 25.7 Å². The number of hydrogen-bond acceptors (Lipinski definition) is 11. The largest absolute Gasteiger partial charge is 0.453 e. The van der Waals surface area contributed by atoms with Crippen molar-refractivity contribution in [3.05, 3.63) is 88.0 Å². The minimum atomic E-state index is -0.684. The van der Waals surface area contributed by atoms with E-state index in [-0.39, 0.29) is 58.6 Å². The van der Waals surface area contributed by atoms with Crippen molar-refractivity contribution in [2.75, 3.05) is 36.7 Å². The van der Waals surface area contributed by atoms with Crippen LogP contribution in [-0.4, -0.2) is 69.3 Å². The Bertz CT molecular complexity index is 2280. The Balaban J connectivity index is 0.876. The number of hydrogen-bond donors (Lipinski definition) is 3. The van der Waals surface area contributed by atoms with E-state index in [0.717, 1.165) is 58.2 Å². The van der Waals surface area contributed by atoms with Crippen LogP contribution in [0.3, 0.4) is 0 Å². The van der Waals surface area contributed by atoms with Crippen molar-refractivity contribution in [2.45, 2.75) is 82.3 Å². The van der Waals surface area contributed by atoms with Gasteiger partial charge in [0.15, 0.2) is 11.6 Å². The van der Waals surface area contributed by atoms with Gasteiger partial charge in [-0.1, -0.05) is 13.0 Å². The summed E-state index contributed by atoms with van der Waals surface area (Å²) < 4.78 is 43.1. The van der Waals surface area contributed by atoms with Crippen LogP contribution in [0.2, 0.25) is 0 Å². The van der Waals surface area contributed by atoms with Crippen LogP contribution in [0.15, 0.2) is 59.7 Å². The van der Waals surface area contributed by atoms with E-state index in [0.29, 0.717) is 52.1 Å². The summed E-state index contributed by atoms with van der Waals surface area (Å²) >= 11 is 1.29. The molecule has 0 bridgehead atoms. The van der Waals surface area contributed by atoms with Crippen molar-refractivity contribution in [3.63, 3.8) is 0 Å². The average molecular weight is 797 g/mol. The molecule has 2 aliphatic heterocycles. The molecule has 8 rings (SSSR count). The molecule has 2 saturated heterocycles. The molecular formula is C42H46F2N8O4S. The van der Waals surface area contributed by atoms with Gasteiger partial charge in [0.2, 0.25) is 11.8 Å². The van der Waals surface area contributed by atoms with E-state index in [2.05, 4.69) is 31.3 Å². The van der Waals surface area contributed by atoms with Gasteiger partial charge in [-0.25, -0.2) is 18.1 Å². The Hall–Kier alpha value is -5.04. The monoisotopic (exact) mass is 796 g/mol. The third-order valence-electron chi connectivity index (χ3n) is 12.3. The first-order chi connectivity index (χ1) is 27.6. The number of piperidine rings is 1. The predicted molar refractivity (Wildman–Crippen MR) is 215 cm³/mol. The lowest BCUT2D eigenvalue weighted by molar-refractivity contribution is -0.133. The van der Waals surface area contributed by atoms with Gasteiger partial charge in [0.05, 0.1) is 22.9 Å². The minimum absolute atomic E-state index is 0.0198. The van der Waals surface area contributed by atoms with Crippen LogP contribution >= 0.6 is 12.1 Å². The fraction of sp³-hybridized carbons (Fsp3) is 0.452. The minimum Gasteiger partial charge on any atom is -0.453 e. The maximum absolute atomic E-state index is 15.3. The molecule has 0 spiro atoms. The highest BCUT2D eigenvalue weighted by Crippen LogP contribution is 2.46. The molecule has 12 nitrogen and oxygen atoms in total. The van der Waals surface area contributed by atoms with E-state index < -0.39 is 11.9 Å². The molecule has 57 heavy (non-hydrogen) atoms. The van der Waals surface area contributed by atoms with Crippen molar-refractivity contribution in [1.82, 2.24) is 24.1 Å². The fourth-order valence-corrected chi connectivity index (χ4v) is 9.72. The third-order valence-corrected chi connectivity index (χ3v) is 13.2. The van der Waals surface area contributed by atoms with Gasteiger partial charge in [0.25, 0.3) is 5.56 Å². The second kappa shape index (κ2) is 16.4. The number of nitrogens with zero attached hydrogens (tertiary/aromatic N) is 5. The number of likely N-dealkylation sites (tertiary alicyclic amines) is 1. The summed E-state index contributed by atoms with van der Waals surface area (Å²) in [6, 6.07) is 14.7. The van der Waals surface area contributed by atoms with Crippen molar-refractivity contribution < 1.29 is 23.1 Å². The lowest BCUT2D eigenvalue weighted by atomic mass is 9.81. The zero-order valence-electron chi connectivity index (χ0n) is 32.0. The van der Waals surface area contributed by atoms with Crippen LogP contribution in [0.25, 0.3) is 10.9 Å². The average Bonchev–Trinajstić information content (AvgIpc) is 3.80. The zero-order valence-corrected chi connectivity index (χ0v) is 32.8. The number of nitrogens with one attached hydrogen (secondary N) is 3. The second-order valence-corrected chi connectivity index (χ2v) is 16.8. The normalized spacial score (nSPS) is 25.0. The number of imide groups is 1. The van der Waals surface area contributed by atoms with Gasteiger partial charge in [0, 0.05) is 56.0 Å². The number of ether oxygens (including phenoxy) is 1. The van der Waals surface area contributed by atoms with Gasteiger partial charge in [-0.2, -0.15) is 5.26 Å². The molecule has 2 aliphatic carbocycles. The number of halogens is 2. The van der Waals surface area contributed by atoms with Crippen LogP contribution in [0, 0.1) is 34.8 Å². The number of fused-ring (bicyclic) bond motifs is 2. The summed E-state index contributed by atoms with van der Waals surface area (Å²) in [7, 11) is 1.89. The van der Waals surface area contributed by atoms with E-state index >= 15 is 8.78 Å². The Morgan fingerprint density at radius 1 is 0.982 bits per heavy atom. The number of rotatable bonds is 11. The van der Waals surface area contributed by atoms with Crippen LogP contribution in [0.1, 0.15) is 81.4 Å². The predicted octanol–water partition coefficient (Wildman–Crippen LogP) is 7.09. The smallest absolute Gasteiger partial charge is 0.261 e. The number of anilines is 2. The van der Waals surface area contributed by atoms with Crippen molar-refractivity contribution in [2.24, 2.45) is 11.8 Å². The summed E-state index contributed by atoms with van der Waals surface area (Å²) in [5, 5.41) is 15.7. The second-order valence-electron chi connectivity index (χ2n) is 15.8. The number of carbonyl (C=O) groups excluding carboxylic acids is 2. The summed E-state index contributed by atoms with van der Waals surface area (Å²) in [6.07, 6.45) is 7.85. The molecular weight excluding hydrogens is 751 g/mol. The van der Waals surface area contributed by atoms with Crippen molar-refractivity contribution in [3.8, 4) is 17.6 Å². The first-order valence-corrected chi connectivity index (χ1v) is 20.5. The Labute approximate surface area is 334 Å². The van der Waals surface area contributed by atoms with E-state index in [9.17, 15) is 19.6 Å².